The lowest BCUT2D eigenvalue weighted by molar-refractivity contribution is -0.120. The van der Waals surface area contributed by atoms with Crippen LogP contribution in [-0.4, -0.2) is 40.4 Å². The van der Waals surface area contributed by atoms with Crippen LogP contribution >= 0.6 is 0 Å². The fourth-order valence-electron chi connectivity index (χ4n) is 1.51. The van der Waals surface area contributed by atoms with E-state index in [0.717, 1.165) is 0 Å². The molecule has 0 unspecified atom stereocenters. The van der Waals surface area contributed by atoms with Crippen molar-refractivity contribution >= 4 is 11.6 Å². The maximum absolute atomic E-state index is 11.7. The molecule has 2 aromatic rings. The SMILES string of the molecule is NCCOCC(=O)Nc1cccnc1-n1cccn1. The Hall–Kier alpha value is -2.25. The molecule has 100 valence electrons. The Balaban J connectivity index is 2.06. The number of carbonyl (C=O) groups is 1. The van der Waals surface area contributed by atoms with Crippen molar-refractivity contribution in [3.05, 3.63) is 36.8 Å². The average Bonchev–Trinajstić information content (AvgIpc) is 2.93. The molecule has 0 radical (unpaired) electrons. The summed E-state index contributed by atoms with van der Waals surface area (Å²) in [7, 11) is 0. The van der Waals surface area contributed by atoms with Crippen LogP contribution in [0.4, 0.5) is 5.69 Å². The lowest BCUT2D eigenvalue weighted by atomic mass is 10.3. The minimum absolute atomic E-state index is 0.0371. The smallest absolute Gasteiger partial charge is 0.250 e. The molecule has 2 heterocycles. The fraction of sp³-hybridized carbons (Fsp3) is 0.250. The zero-order valence-corrected chi connectivity index (χ0v) is 10.3. The van der Waals surface area contributed by atoms with Crippen molar-refractivity contribution in [1.29, 1.82) is 0 Å². The third-order valence-corrected chi connectivity index (χ3v) is 2.28. The molecule has 7 nitrogen and oxygen atoms in total. The van der Waals surface area contributed by atoms with Crippen LogP contribution < -0.4 is 11.1 Å². The Morgan fingerprint density at radius 3 is 3.05 bits per heavy atom. The van der Waals surface area contributed by atoms with E-state index < -0.39 is 0 Å². The second-order valence-electron chi connectivity index (χ2n) is 3.71. The summed E-state index contributed by atoms with van der Waals surface area (Å²) in [5, 5.41) is 6.81. The van der Waals surface area contributed by atoms with E-state index in [1.54, 1.807) is 41.5 Å². The predicted molar refractivity (Wildman–Crippen MR) is 69.9 cm³/mol. The Kier molecular flexibility index (Phi) is 4.60. The van der Waals surface area contributed by atoms with Crippen molar-refractivity contribution in [2.24, 2.45) is 5.73 Å². The van der Waals surface area contributed by atoms with Crippen molar-refractivity contribution in [3.63, 3.8) is 0 Å². The molecule has 0 atom stereocenters. The molecule has 19 heavy (non-hydrogen) atoms. The van der Waals surface area contributed by atoms with E-state index in [0.29, 0.717) is 24.7 Å². The molecule has 0 spiro atoms. The molecule has 0 saturated carbocycles. The number of carbonyl (C=O) groups excluding carboxylic acids is 1. The van der Waals surface area contributed by atoms with Gasteiger partial charge in [-0.15, -0.1) is 0 Å². The number of nitrogens with zero attached hydrogens (tertiary/aromatic N) is 3. The van der Waals surface area contributed by atoms with Crippen LogP contribution in [0.25, 0.3) is 5.82 Å². The summed E-state index contributed by atoms with van der Waals surface area (Å²) in [4.78, 5) is 15.9. The normalized spacial score (nSPS) is 10.4. The zero-order chi connectivity index (χ0) is 13.5. The molecule has 0 aromatic carbocycles. The van der Waals surface area contributed by atoms with Gasteiger partial charge in [0.1, 0.15) is 6.61 Å². The summed E-state index contributed by atoms with van der Waals surface area (Å²) in [6.45, 7) is 0.704. The molecular formula is C12H15N5O2. The van der Waals surface area contributed by atoms with Gasteiger partial charge in [-0.05, 0) is 18.2 Å². The number of nitrogens with one attached hydrogen (secondary N) is 1. The molecule has 2 aromatic heterocycles. The van der Waals surface area contributed by atoms with Crippen molar-refractivity contribution in [2.75, 3.05) is 25.1 Å². The standard InChI is InChI=1S/C12H15N5O2/c13-4-8-19-9-11(18)16-10-3-1-5-14-12(10)17-7-2-6-15-17/h1-3,5-7H,4,8-9,13H2,(H,16,18). The molecule has 0 saturated heterocycles. The van der Waals surface area contributed by atoms with Crippen LogP contribution in [0.5, 0.6) is 0 Å². The first kappa shape index (κ1) is 13.2. The number of amides is 1. The molecule has 7 heteroatoms. The van der Waals surface area contributed by atoms with Gasteiger partial charge in [0.2, 0.25) is 5.91 Å². The highest BCUT2D eigenvalue weighted by atomic mass is 16.5. The fourth-order valence-corrected chi connectivity index (χ4v) is 1.51. The molecule has 0 aliphatic rings. The number of aromatic nitrogens is 3. The molecule has 2 rings (SSSR count). The van der Waals surface area contributed by atoms with Gasteiger partial charge in [-0.2, -0.15) is 5.10 Å². The van der Waals surface area contributed by atoms with Gasteiger partial charge in [0.05, 0.1) is 12.3 Å². The summed E-state index contributed by atoms with van der Waals surface area (Å²) < 4.78 is 6.65. The highest BCUT2D eigenvalue weighted by molar-refractivity contribution is 5.93. The van der Waals surface area contributed by atoms with E-state index in [1.165, 1.54) is 0 Å². The van der Waals surface area contributed by atoms with Crippen molar-refractivity contribution in [3.8, 4) is 5.82 Å². The van der Waals surface area contributed by atoms with E-state index in [1.807, 2.05) is 0 Å². The molecule has 0 bridgehead atoms. The second kappa shape index (κ2) is 6.62. The van der Waals surface area contributed by atoms with E-state index in [9.17, 15) is 4.79 Å². The van der Waals surface area contributed by atoms with Crippen LogP contribution in [0.1, 0.15) is 0 Å². The van der Waals surface area contributed by atoms with Crippen LogP contribution in [0.15, 0.2) is 36.8 Å². The number of ether oxygens (including phenoxy) is 1. The van der Waals surface area contributed by atoms with Gasteiger partial charge in [-0.3, -0.25) is 4.79 Å². The first-order valence-corrected chi connectivity index (χ1v) is 5.84. The minimum atomic E-state index is -0.255. The maximum Gasteiger partial charge on any atom is 0.250 e. The molecule has 0 aliphatic carbocycles. The number of nitrogens with two attached hydrogens (primary N) is 1. The Morgan fingerprint density at radius 1 is 1.42 bits per heavy atom. The lowest BCUT2D eigenvalue weighted by Crippen LogP contribution is -2.21. The molecule has 1 amide bonds. The van der Waals surface area contributed by atoms with Crippen LogP contribution in [0.3, 0.4) is 0 Å². The third-order valence-electron chi connectivity index (χ3n) is 2.28. The number of anilines is 1. The summed E-state index contributed by atoms with van der Waals surface area (Å²) in [6.07, 6.45) is 5.03. The molecule has 3 N–H and O–H groups in total. The van der Waals surface area contributed by atoms with Crippen LogP contribution in [0.2, 0.25) is 0 Å². The quantitative estimate of drug-likeness (QED) is 0.723. The van der Waals surface area contributed by atoms with Gasteiger partial charge in [-0.25, -0.2) is 9.67 Å². The first-order valence-electron chi connectivity index (χ1n) is 5.84. The number of hydrogen-bond donors (Lipinski definition) is 2. The minimum Gasteiger partial charge on any atom is -0.370 e. The Labute approximate surface area is 110 Å². The van der Waals surface area contributed by atoms with Gasteiger partial charge >= 0.3 is 0 Å². The zero-order valence-electron chi connectivity index (χ0n) is 10.3. The van der Waals surface area contributed by atoms with Crippen LogP contribution in [-0.2, 0) is 9.53 Å². The number of hydrogen-bond acceptors (Lipinski definition) is 5. The average molecular weight is 261 g/mol. The number of pyridine rings is 1. The highest BCUT2D eigenvalue weighted by Crippen LogP contribution is 2.15. The first-order chi connectivity index (χ1) is 9.31. The van der Waals surface area contributed by atoms with E-state index in [-0.39, 0.29) is 12.5 Å². The van der Waals surface area contributed by atoms with Gasteiger partial charge in [-0.1, -0.05) is 0 Å². The monoisotopic (exact) mass is 261 g/mol. The van der Waals surface area contributed by atoms with Crippen molar-refractivity contribution in [2.45, 2.75) is 0 Å². The van der Waals surface area contributed by atoms with E-state index >= 15 is 0 Å². The summed E-state index contributed by atoms with van der Waals surface area (Å²) in [6, 6.07) is 5.28. The Bertz CT molecular complexity index is 527. The third kappa shape index (κ3) is 3.60. The topological polar surface area (TPSA) is 95.1 Å². The van der Waals surface area contributed by atoms with E-state index in [2.05, 4.69) is 15.4 Å². The van der Waals surface area contributed by atoms with E-state index in [4.69, 9.17) is 10.5 Å². The van der Waals surface area contributed by atoms with Crippen LogP contribution in [0, 0.1) is 0 Å². The number of rotatable bonds is 6. The van der Waals surface area contributed by atoms with Crippen molar-refractivity contribution < 1.29 is 9.53 Å². The van der Waals surface area contributed by atoms with Gasteiger partial charge in [0, 0.05) is 25.1 Å². The lowest BCUT2D eigenvalue weighted by Gasteiger charge is -2.09. The molecule has 0 aliphatic heterocycles. The van der Waals surface area contributed by atoms with Crippen molar-refractivity contribution in [1.82, 2.24) is 14.8 Å². The summed E-state index contributed by atoms with van der Waals surface area (Å²) in [5.74, 6) is 0.300. The van der Waals surface area contributed by atoms with Gasteiger partial charge < -0.3 is 15.8 Å². The van der Waals surface area contributed by atoms with Gasteiger partial charge in [0.25, 0.3) is 0 Å². The largest absolute Gasteiger partial charge is 0.370 e. The second-order valence-corrected chi connectivity index (χ2v) is 3.71. The summed E-state index contributed by atoms with van der Waals surface area (Å²) in [5.41, 5.74) is 5.85. The highest BCUT2D eigenvalue weighted by Gasteiger charge is 2.09. The maximum atomic E-state index is 11.7. The predicted octanol–water partition coefficient (Wildman–Crippen LogP) is 0.181. The molecular weight excluding hydrogens is 246 g/mol. The summed E-state index contributed by atoms with van der Waals surface area (Å²) >= 11 is 0. The van der Waals surface area contributed by atoms with Gasteiger partial charge in [0.15, 0.2) is 5.82 Å². The molecule has 0 fully saturated rings. The Morgan fingerprint density at radius 2 is 2.32 bits per heavy atom.